The Hall–Kier alpha value is -7.92. The normalized spacial score (nSPS) is 19.3. The Labute approximate surface area is 597 Å². The number of nitrogens with zero attached hydrogens (tertiary/aromatic N) is 8. The van der Waals surface area contributed by atoms with Gasteiger partial charge in [-0.05, 0) is 169 Å². The average molecular weight is 1390 g/mol. The summed E-state index contributed by atoms with van der Waals surface area (Å²) in [7, 11) is 0. The second-order valence-corrected chi connectivity index (χ2v) is 23.3. The summed E-state index contributed by atoms with van der Waals surface area (Å²) >= 11 is 0.241. The molecule has 2 aliphatic rings. The largest absolute Gasteiger partial charge is 0.416 e. The molecule has 0 N–H and O–H groups in total. The van der Waals surface area contributed by atoms with Gasteiger partial charge in [0.05, 0.1) is 31.7 Å². The molecule has 0 saturated carbocycles. The van der Waals surface area contributed by atoms with Gasteiger partial charge in [-0.15, -0.1) is 0 Å². The van der Waals surface area contributed by atoms with Gasteiger partial charge in [-0.1, -0.05) is 149 Å². The molecule has 1 unspecified atom stereocenters. The number of rotatable bonds is 26. The van der Waals surface area contributed by atoms with Gasteiger partial charge in [-0.25, -0.2) is 8.78 Å². The van der Waals surface area contributed by atoms with Crippen LogP contribution in [0.1, 0.15) is 135 Å². The zero-order valence-corrected chi connectivity index (χ0v) is 54.4. The van der Waals surface area contributed by atoms with Crippen LogP contribution in [0.2, 0.25) is 0 Å². The van der Waals surface area contributed by atoms with Gasteiger partial charge in [-0.3, -0.25) is 19.2 Å². The van der Waals surface area contributed by atoms with Gasteiger partial charge in [0.15, 0.2) is 10.3 Å². The van der Waals surface area contributed by atoms with Crippen molar-refractivity contribution < 1.29 is 77.6 Å². The first kappa shape index (κ1) is 46.3. The van der Waals surface area contributed by atoms with Crippen molar-refractivity contribution in [1.82, 2.24) is 38.7 Å². The summed E-state index contributed by atoms with van der Waals surface area (Å²) in [5, 5.41) is -1.07. The minimum atomic E-state index is -5.25. The van der Waals surface area contributed by atoms with Crippen LogP contribution in [-0.4, -0.2) is 103 Å². The van der Waals surface area contributed by atoms with Gasteiger partial charge in [0.25, 0.3) is 11.1 Å². The fraction of sp³-hybridized carbons (Fsp3) is 0.378. The molecular weight excluding hydrogens is 1280 g/mol. The van der Waals surface area contributed by atoms with Gasteiger partial charge >= 0.3 is 12.4 Å². The van der Waals surface area contributed by atoms with Crippen LogP contribution in [0.3, 0.4) is 0 Å². The maximum Gasteiger partial charge on any atom is 0.416 e. The summed E-state index contributed by atoms with van der Waals surface area (Å²) in [6.07, 6.45) is -14.7. The lowest BCUT2D eigenvalue weighted by molar-refractivity contribution is -0.138. The van der Waals surface area contributed by atoms with Crippen molar-refractivity contribution in [3.05, 3.63) is 233 Å². The molecule has 0 aliphatic heterocycles. The van der Waals surface area contributed by atoms with Crippen molar-refractivity contribution in [3.8, 4) is 22.3 Å². The number of hydrogen-bond donors (Lipinski definition) is 0. The molecule has 2 aliphatic carbocycles. The minimum absolute atomic E-state index is 0.00345. The lowest BCUT2D eigenvalue weighted by atomic mass is 9.98. The molecule has 0 radical (unpaired) electrons. The fourth-order valence-electron chi connectivity index (χ4n) is 10.2. The number of thioether (sulfide) groups is 2. The maximum atomic E-state index is 14.6. The number of fused-ring (bicyclic) bond motifs is 2. The van der Waals surface area contributed by atoms with E-state index in [2.05, 4.69) is 9.97 Å². The van der Waals surface area contributed by atoms with Crippen molar-refractivity contribution in [1.29, 1.82) is 0 Å². The van der Waals surface area contributed by atoms with Gasteiger partial charge in [0.2, 0.25) is 11.8 Å². The lowest BCUT2D eigenvalue weighted by Gasteiger charge is -2.28. The quantitative estimate of drug-likeness (QED) is 0.0295. The Bertz CT molecular complexity index is 5350. The van der Waals surface area contributed by atoms with Crippen molar-refractivity contribution in [3.63, 3.8) is 0 Å². The summed E-state index contributed by atoms with van der Waals surface area (Å²) in [5.41, 5.74) is -13.1. The summed E-state index contributed by atoms with van der Waals surface area (Å²) in [6.45, 7) is 11.1. The van der Waals surface area contributed by atoms with Gasteiger partial charge in [-0.2, -0.15) is 36.3 Å². The predicted octanol–water partition coefficient (Wildman–Crippen LogP) is 15.0. The van der Waals surface area contributed by atoms with E-state index in [1.807, 2.05) is 37.5 Å². The maximum absolute atomic E-state index is 14.6. The van der Waals surface area contributed by atoms with Crippen LogP contribution in [-0.2, 0) is 85.1 Å². The summed E-state index contributed by atoms with van der Waals surface area (Å²) in [6, 6.07) is -4.61. The van der Waals surface area contributed by atoms with E-state index < -0.39 is 237 Å². The van der Waals surface area contributed by atoms with Crippen LogP contribution in [0.25, 0.3) is 22.3 Å². The minimum Gasteiger partial charge on any atom is -0.336 e. The molecule has 12 nitrogen and oxygen atoms in total. The third kappa shape index (κ3) is 19.0. The number of carbonyl (C=O) groups is 2. The molecule has 96 heavy (non-hydrogen) atoms. The van der Waals surface area contributed by atoms with E-state index in [0.717, 1.165) is 23.6 Å². The van der Waals surface area contributed by atoms with E-state index in [0.29, 0.717) is 67.9 Å². The van der Waals surface area contributed by atoms with Crippen molar-refractivity contribution in [2.45, 2.75) is 134 Å². The smallest absolute Gasteiger partial charge is 0.336 e. The number of hydrogen-bond acceptors (Lipinski definition) is 10. The number of halogens is 8. The van der Waals surface area contributed by atoms with Gasteiger partial charge < -0.3 is 28.7 Å². The number of carbonyl (C=O) groups excluding carboxylic acids is 2. The molecule has 0 fully saturated rings. The molecule has 6 aromatic carbocycles. The number of alkyl halides is 6. The third-order valence-electron chi connectivity index (χ3n) is 15.6. The SMILES string of the molecule is [2H]c1c([2H])c(C([2H])([2H])Sc2nc(=O)c3c(n2CC(=O)N(CCN(CC)CC)Cc2c([2H])c([2H])c(-c4c([2H])c([2H])c(C(F)(F)F)c([2H])c4[2H])c([2H])c2C)CCC3)c([2H])c([2H])c1F.[2H]c1c([2H])c(C([2H])([2H])Sc2nc(=O)c3c(n2CC(=O)N(CCN(CC)CC)Cc2ccc(-c4ccc(C(F)(F)F)cc4)cc2)C([2H])([2H])C([2H])(C)C3([2H])[2H])c([2H])c([2H])c1F. The highest BCUT2D eigenvalue weighted by Crippen LogP contribution is 2.35. The monoisotopic (exact) mass is 1380 g/mol. The summed E-state index contributed by atoms with van der Waals surface area (Å²) in [5.74, 6) is -7.09. The molecule has 0 bridgehead atoms. The topological polar surface area (TPSA) is 117 Å². The van der Waals surface area contributed by atoms with Crippen LogP contribution < -0.4 is 11.1 Å². The molecule has 2 aromatic heterocycles. The van der Waals surface area contributed by atoms with Crippen LogP contribution in [0.5, 0.6) is 0 Å². The zero-order valence-electron chi connectivity index (χ0n) is 76.8. The molecule has 2 amide bonds. The summed E-state index contributed by atoms with van der Waals surface area (Å²) in [4.78, 5) is 70.5. The lowest BCUT2D eigenvalue weighted by Crippen LogP contribution is -2.40. The predicted molar refractivity (Wildman–Crippen MR) is 362 cm³/mol. The highest BCUT2D eigenvalue weighted by Gasteiger charge is 2.33. The first-order valence-electron chi connectivity index (χ1n) is 42.3. The van der Waals surface area contributed by atoms with Crippen LogP contribution >= 0.6 is 23.5 Å². The molecule has 22 heteroatoms. The number of amides is 2. The first-order chi connectivity index (χ1) is 55.5. The van der Waals surface area contributed by atoms with Crippen molar-refractivity contribution in [2.24, 2.45) is 5.89 Å². The van der Waals surface area contributed by atoms with E-state index in [1.165, 1.54) is 33.4 Å². The molecule has 8 aromatic rings. The van der Waals surface area contributed by atoms with E-state index >= 15 is 0 Å². The second-order valence-electron chi connectivity index (χ2n) is 21.8. The Morgan fingerprint density at radius 1 is 0.573 bits per heavy atom. The molecule has 508 valence electrons. The molecule has 10 rings (SSSR count). The molecular formula is C74H80F8N8O4S2. The highest BCUT2D eigenvalue weighted by atomic mass is 32.2. The third-order valence-corrected chi connectivity index (χ3v) is 17.2. The Balaban J connectivity index is 0.000000273. The Kier molecular flexibility index (Phi) is 15.9. The first-order valence-corrected chi connectivity index (χ1v) is 31.9. The molecule has 1 atom stereocenters. The van der Waals surface area contributed by atoms with E-state index in [-0.39, 0.29) is 78.0 Å². The molecule has 2 heterocycles. The number of aromatic nitrogens is 4. The Morgan fingerprint density at radius 2 is 1.04 bits per heavy atom. The van der Waals surface area contributed by atoms with Crippen molar-refractivity contribution >= 4 is 35.3 Å². The summed E-state index contributed by atoms with van der Waals surface area (Å²) < 4.78 is 315. The fourth-order valence-corrected chi connectivity index (χ4v) is 11.6. The molecule has 0 spiro atoms. The van der Waals surface area contributed by atoms with Crippen LogP contribution in [0, 0.1) is 24.5 Å². The molecule has 0 saturated heterocycles. The van der Waals surface area contributed by atoms with Crippen molar-refractivity contribution in [2.75, 3.05) is 52.4 Å². The average Bonchev–Trinajstić information content (AvgIpc) is 1.52. The highest BCUT2D eigenvalue weighted by molar-refractivity contribution is 7.98. The van der Waals surface area contributed by atoms with Gasteiger partial charge in [0.1, 0.15) is 24.7 Å². The Morgan fingerprint density at radius 3 is 1.54 bits per heavy atom. The zero-order chi connectivity index (χ0) is 90.0. The van der Waals surface area contributed by atoms with E-state index in [9.17, 15) is 54.3 Å². The second kappa shape index (κ2) is 32.9. The van der Waals surface area contributed by atoms with E-state index in [4.69, 9.17) is 32.9 Å². The standard InChI is InChI=1S/2C37H40F4N4O2S/c1-4-43(5-2)18-19-44(22-26-6-10-28(11-7-26)29-12-14-30(15-13-29)37(39,40)41)34(46)23-45-33-21-25(3)20-32(33)35(47)42-36(45)48-24-27-8-16-31(38)17-9-27;1-4-43(5-2)19-20-44(22-29-12-11-28(21-25(29)3)27-13-15-30(16-14-27)37(39,40)41)34(46)23-45-33-8-6-7-32(33)35(47)42-36(45)48-24-26-9-17-31(38)18-10-26/h6-17,25H,4-5,18-24H2,1-3H3;9-18,21H,4-8,19-20,22-24H2,1-3H3/i8D,9D,16D,17D,20D2,21D2,24D2,25D;9D,10D,11D,12D,13D,14D,15D,16D,17D,18D,21D,24D2. The van der Waals surface area contributed by atoms with Crippen LogP contribution in [0.15, 0.2) is 159 Å². The van der Waals surface area contributed by atoms with Gasteiger partial charge in [0, 0.05) is 85.5 Å². The number of likely N-dealkylation sites (N-methyl/N-ethyl adjacent to an activating group) is 2. The van der Waals surface area contributed by atoms with E-state index in [1.54, 1.807) is 24.3 Å². The number of benzene rings is 6. The van der Waals surface area contributed by atoms with Crippen LogP contribution in [0.4, 0.5) is 35.1 Å².